The molecule has 1 saturated heterocycles. The maximum Gasteiger partial charge on any atom is 0.434 e. The Morgan fingerprint density at radius 1 is 1.45 bits per heavy atom. The molecule has 1 N–H and O–H groups in total. The van der Waals surface area contributed by atoms with Crippen molar-refractivity contribution in [1.82, 2.24) is 10.3 Å². The molecule has 20 heavy (non-hydrogen) atoms. The fourth-order valence-electron chi connectivity index (χ4n) is 2.48. The summed E-state index contributed by atoms with van der Waals surface area (Å²) in [6.07, 6.45) is -3.99. The van der Waals surface area contributed by atoms with E-state index in [2.05, 4.69) is 24.1 Å². The topological polar surface area (TPSA) is 28.2 Å². The molecule has 3 nitrogen and oxygen atoms in total. The van der Waals surface area contributed by atoms with Gasteiger partial charge in [-0.2, -0.15) is 13.2 Å². The molecule has 1 aromatic heterocycles. The zero-order valence-corrected chi connectivity index (χ0v) is 12.7. The van der Waals surface area contributed by atoms with Crippen molar-refractivity contribution in [3.05, 3.63) is 10.6 Å². The number of aromatic nitrogens is 1. The monoisotopic (exact) mass is 307 g/mol. The molecule has 1 fully saturated rings. The third-order valence-electron chi connectivity index (χ3n) is 3.57. The number of nitrogens with one attached hydrogen (secondary N) is 1. The number of nitrogens with zero attached hydrogens (tertiary/aromatic N) is 2. The summed E-state index contributed by atoms with van der Waals surface area (Å²) in [5, 5.41) is 3.80. The van der Waals surface area contributed by atoms with Gasteiger partial charge >= 0.3 is 6.18 Å². The van der Waals surface area contributed by atoms with Crippen LogP contribution in [0.25, 0.3) is 0 Å². The maximum atomic E-state index is 13.0. The molecule has 1 atom stereocenters. The Bertz CT molecular complexity index is 456. The van der Waals surface area contributed by atoms with Gasteiger partial charge in [0, 0.05) is 30.6 Å². The summed E-state index contributed by atoms with van der Waals surface area (Å²) in [6, 6.07) is 0.195. The second-order valence-electron chi connectivity index (χ2n) is 5.33. The number of aryl methyl sites for hydroxylation is 1. The van der Waals surface area contributed by atoms with Crippen LogP contribution in [-0.4, -0.2) is 30.7 Å². The summed E-state index contributed by atoms with van der Waals surface area (Å²) >= 11 is 1.18. The molecule has 0 aromatic carbocycles. The third-order valence-corrected chi connectivity index (χ3v) is 4.81. The van der Waals surface area contributed by atoms with Gasteiger partial charge in [0.25, 0.3) is 0 Å². The van der Waals surface area contributed by atoms with Crippen molar-refractivity contribution in [2.24, 2.45) is 5.92 Å². The molecular formula is C13H20F3N3S. The van der Waals surface area contributed by atoms with Gasteiger partial charge in [0.05, 0.1) is 0 Å². The highest BCUT2D eigenvalue weighted by Gasteiger charge is 2.38. The predicted octanol–water partition coefficient (Wildman–Crippen LogP) is 3.16. The van der Waals surface area contributed by atoms with Crippen LogP contribution in [0.4, 0.5) is 18.3 Å². The SMILES string of the molecule is CCc1sc(N2CCNC[C@H]2C(C)C)nc1C(F)(F)F. The number of hydrogen-bond acceptors (Lipinski definition) is 4. The van der Waals surface area contributed by atoms with E-state index in [-0.39, 0.29) is 6.04 Å². The van der Waals surface area contributed by atoms with Crippen molar-refractivity contribution in [3.63, 3.8) is 0 Å². The van der Waals surface area contributed by atoms with Gasteiger partial charge in [-0.3, -0.25) is 0 Å². The van der Waals surface area contributed by atoms with E-state index in [1.54, 1.807) is 6.92 Å². The molecule has 1 aliphatic heterocycles. The Labute approximate surface area is 121 Å². The highest BCUT2D eigenvalue weighted by atomic mass is 32.1. The highest BCUT2D eigenvalue weighted by molar-refractivity contribution is 7.15. The van der Waals surface area contributed by atoms with Crippen LogP contribution in [0.1, 0.15) is 31.3 Å². The van der Waals surface area contributed by atoms with Crippen LogP contribution >= 0.6 is 11.3 Å². The van der Waals surface area contributed by atoms with E-state index in [4.69, 9.17) is 0 Å². The molecule has 114 valence electrons. The minimum Gasteiger partial charge on any atom is -0.342 e. The molecule has 0 unspecified atom stereocenters. The quantitative estimate of drug-likeness (QED) is 0.930. The number of halogens is 3. The van der Waals surface area contributed by atoms with Gasteiger partial charge < -0.3 is 10.2 Å². The second kappa shape index (κ2) is 5.89. The summed E-state index contributed by atoms with van der Waals surface area (Å²) in [4.78, 5) is 6.26. The summed E-state index contributed by atoms with van der Waals surface area (Å²) in [6.45, 7) is 8.19. The molecule has 0 spiro atoms. The first-order valence-electron chi connectivity index (χ1n) is 6.88. The lowest BCUT2D eigenvalue weighted by Crippen LogP contribution is -2.53. The second-order valence-corrected chi connectivity index (χ2v) is 6.39. The van der Waals surface area contributed by atoms with Crippen LogP contribution in [-0.2, 0) is 12.6 Å². The average Bonchev–Trinajstić information content (AvgIpc) is 2.82. The zero-order valence-electron chi connectivity index (χ0n) is 11.9. The number of rotatable bonds is 3. The van der Waals surface area contributed by atoms with E-state index in [1.165, 1.54) is 11.3 Å². The van der Waals surface area contributed by atoms with E-state index < -0.39 is 11.9 Å². The van der Waals surface area contributed by atoms with Crippen LogP contribution in [0.15, 0.2) is 0 Å². The Hall–Kier alpha value is -0.820. The normalized spacial score (nSPS) is 20.8. The van der Waals surface area contributed by atoms with Crippen LogP contribution in [0.5, 0.6) is 0 Å². The van der Waals surface area contributed by atoms with Gasteiger partial charge in [-0.25, -0.2) is 4.98 Å². The molecule has 2 heterocycles. The molecule has 1 aromatic rings. The lowest BCUT2D eigenvalue weighted by Gasteiger charge is -2.38. The van der Waals surface area contributed by atoms with Crippen molar-refractivity contribution in [1.29, 1.82) is 0 Å². The Morgan fingerprint density at radius 2 is 2.15 bits per heavy atom. The Morgan fingerprint density at radius 3 is 2.65 bits per heavy atom. The fourth-order valence-corrected chi connectivity index (χ4v) is 3.59. The molecular weight excluding hydrogens is 287 g/mol. The first-order valence-corrected chi connectivity index (χ1v) is 7.70. The minimum absolute atomic E-state index is 0.195. The first-order chi connectivity index (χ1) is 9.34. The number of piperazine rings is 1. The first kappa shape index (κ1) is 15.6. The molecule has 0 radical (unpaired) electrons. The summed E-state index contributed by atoms with van der Waals surface area (Å²) in [5.41, 5.74) is -0.707. The van der Waals surface area contributed by atoms with Gasteiger partial charge in [-0.1, -0.05) is 20.8 Å². The Balaban J connectivity index is 2.34. The smallest absolute Gasteiger partial charge is 0.342 e. The molecule has 0 saturated carbocycles. The summed E-state index contributed by atoms with van der Waals surface area (Å²) < 4.78 is 39.0. The third kappa shape index (κ3) is 3.09. The van der Waals surface area contributed by atoms with Crippen LogP contribution in [0, 0.1) is 5.92 Å². The maximum absolute atomic E-state index is 13.0. The average molecular weight is 307 g/mol. The van der Waals surface area contributed by atoms with E-state index >= 15 is 0 Å². The van der Waals surface area contributed by atoms with Crippen molar-refractivity contribution in [2.45, 2.75) is 39.4 Å². The van der Waals surface area contributed by atoms with Gasteiger partial charge in [0.15, 0.2) is 10.8 Å². The fraction of sp³-hybridized carbons (Fsp3) is 0.769. The standard InChI is InChI=1S/C13H20F3N3S/c1-4-10-11(13(14,15)16)18-12(20-10)19-6-5-17-7-9(19)8(2)3/h8-9,17H,4-7H2,1-3H3/t9-/m0/s1. The predicted molar refractivity (Wildman–Crippen MR) is 75.3 cm³/mol. The molecule has 1 aliphatic rings. The molecule has 7 heteroatoms. The minimum atomic E-state index is -4.36. The zero-order chi connectivity index (χ0) is 14.9. The number of alkyl halides is 3. The van der Waals surface area contributed by atoms with Crippen molar-refractivity contribution in [3.8, 4) is 0 Å². The molecule has 0 amide bonds. The van der Waals surface area contributed by atoms with Crippen molar-refractivity contribution in [2.75, 3.05) is 24.5 Å². The Kier molecular flexibility index (Phi) is 4.59. The highest BCUT2D eigenvalue weighted by Crippen LogP contribution is 2.38. The van der Waals surface area contributed by atoms with E-state index in [0.717, 1.165) is 13.1 Å². The summed E-state index contributed by atoms with van der Waals surface area (Å²) in [5.74, 6) is 0.367. The molecule has 0 bridgehead atoms. The largest absolute Gasteiger partial charge is 0.434 e. The lowest BCUT2D eigenvalue weighted by molar-refractivity contribution is -0.141. The summed E-state index contributed by atoms with van der Waals surface area (Å²) in [7, 11) is 0. The van der Waals surface area contributed by atoms with Gasteiger partial charge in [0.2, 0.25) is 0 Å². The van der Waals surface area contributed by atoms with Gasteiger partial charge in [-0.15, -0.1) is 11.3 Å². The number of anilines is 1. The van der Waals surface area contributed by atoms with E-state index in [0.29, 0.717) is 28.9 Å². The van der Waals surface area contributed by atoms with Crippen molar-refractivity contribution < 1.29 is 13.2 Å². The van der Waals surface area contributed by atoms with Gasteiger partial charge in [-0.05, 0) is 12.3 Å². The number of hydrogen-bond donors (Lipinski definition) is 1. The van der Waals surface area contributed by atoms with Crippen LogP contribution in [0.3, 0.4) is 0 Å². The molecule has 2 rings (SSSR count). The number of thiazole rings is 1. The van der Waals surface area contributed by atoms with E-state index in [9.17, 15) is 13.2 Å². The van der Waals surface area contributed by atoms with Crippen LogP contribution < -0.4 is 10.2 Å². The molecule has 0 aliphatic carbocycles. The lowest BCUT2D eigenvalue weighted by atomic mass is 10.0. The van der Waals surface area contributed by atoms with Gasteiger partial charge in [0.1, 0.15) is 0 Å². The van der Waals surface area contributed by atoms with Crippen molar-refractivity contribution >= 4 is 16.5 Å². The van der Waals surface area contributed by atoms with Crippen LogP contribution in [0.2, 0.25) is 0 Å². The van der Waals surface area contributed by atoms with E-state index in [1.807, 2.05) is 4.90 Å².